The highest BCUT2D eigenvalue weighted by Gasteiger charge is 2.31. The Morgan fingerprint density at radius 1 is 0.964 bits per heavy atom. The molecular formula is C22H23N5O. The van der Waals surface area contributed by atoms with Gasteiger partial charge in [0.05, 0.1) is 5.52 Å². The van der Waals surface area contributed by atoms with Gasteiger partial charge in [0.2, 0.25) is 5.91 Å². The van der Waals surface area contributed by atoms with Crippen molar-refractivity contribution in [2.24, 2.45) is 5.92 Å². The number of para-hydroxylation sites is 1. The quantitative estimate of drug-likeness (QED) is 0.706. The van der Waals surface area contributed by atoms with Crippen LogP contribution in [0.15, 0.2) is 48.8 Å². The summed E-state index contributed by atoms with van der Waals surface area (Å²) in [5, 5.41) is 1.05. The summed E-state index contributed by atoms with van der Waals surface area (Å²) in [6.45, 7) is 3.11. The molecular weight excluding hydrogens is 350 g/mol. The van der Waals surface area contributed by atoms with Gasteiger partial charge in [-0.2, -0.15) is 0 Å². The minimum atomic E-state index is 0.267. The maximum absolute atomic E-state index is 12.5. The van der Waals surface area contributed by atoms with Crippen LogP contribution in [0.4, 0.5) is 5.82 Å². The first kappa shape index (κ1) is 17.1. The van der Waals surface area contributed by atoms with Crippen LogP contribution in [-0.4, -0.2) is 51.9 Å². The predicted octanol–water partition coefficient (Wildman–Crippen LogP) is 3.14. The molecule has 0 unspecified atom stereocenters. The number of anilines is 1. The van der Waals surface area contributed by atoms with Crippen LogP contribution in [-0.2, 0) is 4.79 Å². The van der Waals surface area contributed by atoms with Gasteiger partial charge in [-0.25, -0.2) is 9.97 Å². The Morgan fingerprint density at radius 3 is 2.50 bits per heavy atom. The van der Waals surface area contributed by atoms with E-state index in [1.165, 1.54) is 6.42 Å². The molecule has 2 aliphatic rings. The van der Waals surface area contributed by atoms with Crippen molar-refractivity contribution in [1.29, 1.82) is 0 Å². The van der Waals surface area contributed by atoms with Gasteiger partial charge in [-0.15, -0.1) is 0 Å². The standard InChI is InChI=1S/C22H23N5O/c28-22(16-5-3-6-16)27-13-11-26(12-14-27)21-18-8-1-2-9-19(18)24-20(25-21)17-7-4-10-23-15-17/h1-2,4,7-10,15-16H,3,5-6,11-14H2. The topological polar surface area (TPSA) is 62.2 Å². The van der Waals surface area contributed by atoms with E-state index in [1.807, 2.05) is 35.2 Å². The lowest BCUT2D eigenvalue weighted by Gasteiger charge is -2.39. The second-order valence-electron chi connectivity index (χ2n) is 7.57. The molecule has 0 radical (unpaired) electrons. The highest BCUT2D eigenvalue weighted by molar-refractivity contribution is 5.91. The number of piperazine rings is 1. The third-order valence-corrected chi connectivity index (χ3v) is 5.85. The molecule has 3 heterocycles. The molecule has 1 saturated carbocycles. The summed E-state index contributed by atoms with van der Waals surface area (Å²) < 4.78 is 0. The van der Waals surface area contributed by atoms with Crippen molar-refractivity contribution in [2.75, 3.05) is 31.1 Å². The minimum absolute atomic E-state index is 0.267. The fraction of sp³-hybridized carbons (Fsp3) is 0.364. The summed E-state index contributed by atoms with van der Waals surface area (Å²) >= 11 is 0. The summed E-state index contributed by atoms with van der Waals surface area (Å²) in [5.74, 6) is 2.24. The predicted molar refractivity (Wildman–Crippen MR) is 109 cm³/mol. The van der Waals surface area contributed by atoms with E-state index in [-0.39, 0.29) is 5.92 Å². The molecule has 142 valence electrons. The first-order valence-corrected chi connectivity index (χ1v) is 10.0. The zero-order chi connectivity index (χ0) is 18.9. The first-order valence-electron chi connectivity index (χ1n) is 10.0. The van der Waals surface area contributed by atoms with E-state index in [1.54, 1.807) is 12.4 Å². The van der Waals surface area contributed by atoms with Crippen molar-refractivity contribution in [3.8, 4) is 11.4 Å². The highest BCUT2D eigenvalue weighted by Crippen LogP contribution is 2.30. The van der Waals surface area contributed by atoms with Crippen LogP contribution >= 0.6 is 0 Å². The number of benzene rings is 1. The maximum atomic E-state index is 12.5. The lowest BCUT2D eigenvalue weighted by Crippen LogP contribution is -2.51. The van der Waals surface area contributed by atoms with Gasteiger partial charge in [0, 0.05) is 55.4 Å². The van der Waals surface area contributed by atoms with Crippen molar-refractivity contribution in [3.63, 3.8) is 0 Å². The molecule has 1 aromatic carbocycles. The molecule has 3 aromatic rings. The second-order valence-corrected chi connectivity index (χ2v) is 7.57. The van der Waals surface area contributed by atoms with E-state index >= 15 is 0 Å². The number of carbonyl (C=O) groups is 1. The summed E-state index contributed by atoms with van der Waals surface area (Å²) in [7, 11) is 0. The van der Waals surface area contributed by atoms with Gasteiger partial charge in [-0.05, 0) is 37.1 Å². The third-order valence-electron chi connectivity index (χ3n) is 5.85. The molecule has 0 bridgehead atoms. The van der Waals surface area contributed by atoms with Crippen LogP contribution in [0.5, 0.6) is 0 Å². The molecule has 0 spiro atoms. The SMILES string of the molecule is O=C(C1CCC1)N1CCN(c2nc(-c3cccnc3)nc3ccccc23)CC1. The number of pyridine rings is 1. The lowest BCUT2D eigenvalue weighted by atomic mass is 9.84. The number of hydrogen-bond acceptors (Lipinski definition) is 5. The minimum Gasteiger partial charge on any atom is -0.352 e. The Hall–Kier alpha value is -3.02. The molecule has 1 saturated heterocycles. The smallest absolute Gasteiger partial charge is 0.225 e. The fourth-order valence-corrected chi connectivity index (χ4v) is 3.98. The van der Waals surface area contributed by atoms with Gasteiger partial charge < -0.3 is 9.80 Å². The number of rotatable bonds is 3. The van der Waals surface area contributed by atoms with Crippen molar-refractivity contribution >= 4 is 22.6 Å². The van der Waals surface area contributed by atoms with Crippen LogP contribution in [0.25, 0.3) is 22.3 Å². The van der Waals surface area contributed by atoms with E-state index in [2.05, 4.69) is 16.0 Å². The monoisotopic (exact) mass is 373 g/mol. The molecule has 6 nitrogen and oxygen atoms in total. The Morgan fingerprint density at radius 2 is 1.79 bits per heavy atom. The van der Waals surface area contributed by atoms with Crippen molar-refractivity contribution in [3.05, 3.63) is 48.8 Å². The van der Waals surface area contributed by atoms with Crippen LogP contribution in [0, 0.1) is 5.92 Å². The summed E-state index contributed by atoms with van der Waals surface area (Å²) in [4.78, 5) is 30.7. The fourth-order valence-electron chi connectivity index (χ4n) is 3.98. The van der Waals surface area contributed by atoms with E-state index in [0.717, 1.165) is 61.3 Å². The number of hydrogen-bond donors (Lipinski definition) is 0. The molecule has 5 rings (SSSR count). The summed E-state index contributed by atoms with van der Waals surface area (Å²) in [6, 6.07) is 12.0. The van der Waals surface area contributed by atoms with Gasteiger partial charge in [-0.3, -0.25) is 9.78 Å². The van der Waals surface area contributed by atoms with Crippen LogP contribution in [0.2, 0.25) is 0 Å². The Balaban J connectivity index is 1.44. The van der Waals surface area contributed by atoms with Crippen molar-refractivity contribution in [1.82, 2.24) is 19.9 Å². The average Bonchev–Trinajstić information content (AvgIpc) is 2.72. The Labute approximate surface area is 164 Å². The van der Waals surface area contributed by atoms with Gasteiger partial charge in [0.1, 0.15) is 5.82 Å². The number of fused-ring (bicyclic) bond motifs is 1. The zero-order valence-electron chi connectivity index (χ0n) is 15.8. The van der Waals surface area contributed by atoms with E-state index in [9.17, 15) is 4.79 Å². The number of aromatic nitrogens is 3. The van der Waals surface area contributed by atoms with Crippen molar-refractivity contribution in [2.45, 2.75) is 19.3 Å². The van der Waals surface area contributed by atoms with Crippen LogP contribution < -0.4 is 4.90 Å². The first-order chi connectivity index (χ1) is 13.8. The van der Waals surface area contributed by atoms with Crippen LogP contribution in [0.3, 0.4) is 0 Å². The molecule has 0 N–H and O–H groups in total. The van der Waals surface area contributed by atoms with E-state index in [0.29, 0.717) is 11.7 Å². The number of carbonyl (C=O) groups excluding carboxylic acids is 1. The van der Waals surface area contributed by atoms with Gasteiger partial charge >= 0.3 is 0 Å². The van der Waals surface area contributed by atoms with Gasteiger partial charge in [0.15, 0.2) is 5.82 Å². The molecule has 1 aliphatic heterocycles. The Kier molecular flexibility index (Phi) is 4.39. The second kappa shape index (κ2) is 7.19. The van der Waals surface area contributed by atoms with Crippen LogP contribution in [0.1, 0.15) is 19.3 Å². The largest absolute Gasteiger partial charge is 0.352 e. The normalized spacial score (nSPS) is 17.6. The molecule has 1 amide bonds. The summed E-state index contributed by atoms with van der Waals surface area (Å²) in [5.41, 5.74) is 1.84. The molecule has 0 atom stereocenters. The van der Waals surface area contributed by atoms with Crippen molar-refractivity contribution < 1.29 is 4.79 Å². The zero-order valence-corrected chi connectivity index (χ0v) is 15.8. The maximum Gasteiger partial charge on any atom is 0.225 e. The van der Waals surface area contributed by atoms with E-state index in [4.69, 9.17) is 9.97 Å². The number of amides is 1. The van der Waals surface area contributed by atoms with Gasteiger partial charge in [-0.1, -0.05) is 18.6 Å². The third kappa shape index (κ3) is 3.09. The number of nitrogens with zero attached hydrogens (tertiary/aromatic N) is 5. The Bertz CT molecular complexity index is 994. The van der Waals surface area contributed by atoms with Gasteiger partial charge in [0.25, 0.3) is 0 Å². The summed E-state index contributed by atoms with van der Waals surface area (Å²) in [6.07, 6.45) is 6.86. The lowest BCUT2D eigenvalue weighted by molar-refractivity contribution is -0.138. The molecule has 6 heteroatoms. The van der Waals surface area contributed by atoms with E-state index < -0.39 is 0 Å². The molecule has 28 heavy (non-hydrogen) atoms. The molecule has 2 fully saturated rings. The molecule has 1 aliphatic carbocycles. The highest BCUT2D eigenvalue weighted by atomic mass is 16.2. The average molecular weight is 373 g/mol. The molecule has 2 aromatic heterocycles.